The Kier molecular flexibility index (Phi) is 47.2. The highest BCUT2D eigenvalue weighted by Gasteiger charge is 2.12. The van der Waals surface area contributed by atoms with Gasteiger partial charge >= 0.3 is 35.8 Å². The lowest BCUT2D eigenvalue weighted by Crippen LogP contribution is -2.34. The fourth-order valence-corrected chi connectivity index (χ4v) is 2.77. The molecule has 0 fully saturated rings. The third-order valence-electron chi connectivity index (χ3n) is 5.17. The first-order valence-corrected chi connectivity index (χ1v) is 16.9. The standard InChI is InChI=1S/C6H14N4O2.C6H14N2O2.C6H13NO2.C5H11NO2S.C3H7NO2.C2H5NO2/c7-4(5(11)12)2-1-3-10-6(8)9;7-4-2-1-3-5(8)6(9)10;1-4(2)3-5(7)6(8)9;1-9-3-2-4(6)5(7)8;1-2(4)3(5)6;3-1-2(4)5/h4H,1-3,7H2,(H,11,12)(H4,8,9,10);5H,1-4,7-8H2,(H,9,10);4-5H,3,7H2,1-2H3,(H,8,9);4H,2-3,6H2,1H3,(H,7,8);2H,4H2,1H3,(H,5,6);1,3H2,(H,4,5). The Morgan fingerprint density at radius 1 is 0.647 bits per heavy atom. The number of carbonyl (C=O) groups is 6. The Labute approximate surface area is 302 Å². The molecule has 0 aliphatic heterocycles. The van der Waals surface area contributed by atoms with E-state index in [4.69, 9.17) is 76.2 Å². The summed E-state index contributed by atoms with van der Waals surface area (Å²) in [4.78, 5) is 59.4. The molecule has 51 heavy (non-hydrogen) atoms. The number of nitrogens with one attached hydrogen (secondary N) is 2. The van der Waals surface area contributed by atoms with Gasteiger partial charge in [0, 0.05) is 6.54 Å². The molecule has 24 N–H and O–H groups in total. The maximum Gasteiger partial charge on any atom is 0.320 e. The predicted molar refractivity (Wildman–Crippen MR) is 195 cm³/mol. The summed E-state index contributed by atoms with van der Waals surface area (Å²) in [5.74, 6) is -4.63. The molecule has 23 heteroatoms. The van der Waals surface area contributed by atoms with Crippen molar-refractivity contribution in [2.45, 2.75) is 95.9 Å². The molecule has 0 aromatic heterocycles. The summed E-state index contributed by atoms with van der Waals surface area (Å²) in [6.07, 6.45) is 6.17. The molecule has 0 amide bonds. The Morgan fingerprint density at radius 2 is 1.00 bits per heavy atom. The van der Waals surface area contributed by atoms with Crippen LogP contribution in [-0.4, -0.2) is 134 Å². The van der Waals surface area contributed by atoms with Gasteiger partial charge < -0.3 is 81.8 Å². The average molecular weight is 765 g/mol. The summed E-state index contributed by atoms with van der Waals surface area (Å²) in [5.41, 5.74) is 40.4. The molecule has 5 atom stereocenters. The molecule has 0 radical (unpaired) electrons. The molecule has 22 nitrogen and oxygen atoms in total. The van der Waals surface area contributed by atoms with Gasteiger partial charge in [0.05, 0.1) is 6.54 Å². The Balaban J connectivity index is -0.000000122. The van der Waals surface area contributed by atoms with Crippen molar-refractivity contribution in [1.29, 1.82) is 5.41 Å². The second kappa shape index (κ2) is 40.6. The van der Waals surface area contributed by atoms with Crippen molar-refractivity contribution in [2.24, 2.45) is 51.8 Å². The van der Waals surface area contributed by atoms with E-state index in [2.05, 4.69) is 11.1 Å². The topological polar surface area (TPSA) is 468 Å². The lowest BCUT2D eigenvalue weighted by Gasteiger charge is -2.07. The summed E-state index contributed by atoms with van der Waals surface area (Å²) in [6.45, 7) is 6.12. The minimum atomic E-state index is -1.00. The van der Waals surface area contributed by atoms with Gasteiger partial charge in [-0.25, -0.2) is 0 Å². The van der Waals surface area contributed by atoms with E-state index < -0.39 is 66.0 Å². The van der Waals surface area contributed by atoms with Crippen LogP contribution >= 0.6 is 11.8 Å². The summed E-state index contributed by atoms with van der Waals surface area (Å²) in [6, 6.07) is -3.64. The molecule has 304 valence electrons. The van der Waals surface area contributed by atoms with Crippen molar-refractivity contribution in [3.8, 4) is 0 Å². The van der Waals surface area contributed by atoms with Crippen LogP contribution in [0.25, 0.3) is 0 Å². The van der Waals surface area contributed by atoms with Crippen LogP contribution in [-0.2, 0) is 28.8 Å². The van der Waals surface area contributed by atoms with Crippen molar-refractivity contribution in [2.75, 3.05) is 31.6 Å². The number of carboxylic acid groups (broad SMARTS) is 6. The van der Waals surface area contributed by atoms with Gasteiger partial charge in [0.1, 0.15) is 30.2 Å². The molecule has 0 aromatic rings. The van der Waals surface area contributed by atoms with Crippen molar-refractivity contribution in [3.63, 3.8) is 0 Å². The van der Waals surface area contributed by atoms with Crippen LogP contribution in [0.3, 0.4) is 0 Å². The lowest BCUT2D eigenvalue weighted by molar-refractivity contribution is -0.139. The minimum Gasteiger partial charge on any atom is -0.480 e. The van der Waals surface area contributed by atoms with Crippen LogP contribution < -0.4 is 51.2 Å². The van der Waals surface area contributed by atoms with Crippen molar-refractivity contribution in [3.05, 3.63) is 0 Å². The first-order valence-electron chi connectivity index (χ1n) is 15.5. The largest absolute Gasteiger partial charge is 0.480 e. The van der Waals surface area contributed by atoms with Gasteiger partial charge in [0.2, 0.25) is 0 Å². The third kappa shape index (κ3) is 61.8. The van der Waals surface area contributed by atoms with Crippen molar-refractivity contribution < 1.29 is 59.4 Å². The zero-order chi connectivity index (χ0) is 41.7. The molecule has 0 saturated carbocycles. The Morgan fingerprint density at radius 3 is 1.24 bits per heavy atom. The number of unbranched alkanes of at least 4 members (excludes halogenated alkanes) is 1. The number of guanidine groups is 1. The molecule has 0 saturated heterocycles. The summed E-state index contributed by atoms with van der Waals surface area (Å²) < 4.78 is 0. The highest BCUT2D eigenvalue weighted by atomic mass is 32.2. The predicted octanol–water partition coefficient (Wildman–Crippen LogP) is -2.77. The number of carboxylic acids is 6. The number of nitrogens with two attached hydrogens (primary N) is 8. The second-order valence-corrected chi connectivity index (χ2v) is 11.7. The van der Waals surface area contributed by atoms with E-state index in [1.807, 2.05) is 20.1 Å². The number of thioether (sulfide) groups is 1. The van der Waals surface area contributed by atoms with E-state index in [-0.39, 0.29) is 12.5 Å². The molecule has 0 aliphatic rings. The van der Waals surface area contributed by atoms with Crippen LogP contribution in [0.15, 0.2) is 0 Å². The smallest absolute Gasteiger partial charge is 0.320 e. The zero-order valence-electron chi connectivity index (χ0n) is 29.9. The fraction of sp³-hybridized carbons (Fsp3) is 0.750. The molecular formula is C28H64N10O12S. The van der Waals surface area contributed by atoms with Crippen LogP contribution in [0.1, 0.15) is 65.7 Å². The molecular weight excluding hydrogens is 700 g/mol. The quantitative estimate of drug-likeness (QED) is 0.0359. The van der Waals surface area contributed by atoms with E-state index in [1.54, 1.807) is 11.8 Å². The highest BCUT2D eigenvalue weighted by Crippen LogP contribution is 2.01. The van der Waals surface area contributed by atoms with Gasteiger partial charge in [-0.1, -0.05) is 20.3 Å². The van der Waals surface area contributed by atoms with E-state index in [0.717, 1.165) is 18.6 Å². The van der Waals surface area contributed by atoms with Gasteiger partial charge in [-0.3, -0.25) is 34.2 Å². The van der Waals surface area contributed by atoms with Gasteiger partial charge in [0.15, 0.2) is 5.96 Å². The van der Waals surface area contributed by atoms with Gasteiger partial charge in [0.25, 0.3) is 0 Å². The van der Waals surface area contributed by atoms with Gasteiger partial charge in [-0.2, -0.15) is 11.8 Å². The van der Waals surface area contributed by atoms with E-state index in [0.29, 0.717) is 51.1 Å². The first kappa shape index (κ1) is 59.3. The summed E-state index contributed by atoms with van der Waals surface area (Å²) in [5, 5.41) is 58.1. The van der Waals surface area contributed by atoms with Crippen molar-refractivity contribution in [1.82, 2.24) is 5.32 Å². The number of hydrogen-bond donors (Lipinski definition) is 16. The molecule has 0 aliphatic carbocycles. The van der Waals surface area contributed by atoms with E-state index >= 15 is 0 Å². The average Bonchev–Trinajstić information content (AvgIpc) is 3.02. The van der Waals surface area contributed by atoms with Gasteiger partial charge in [-0.15, -0.1) is 0 Å². The maximum atomic E-state index is 10.2. The molecule has 0 rings (SSSR count). The number of rotatable bonds is 19. The highest BCUT2D eigenvalue weighted by molar-refractivity contribution is 7.98. The maximum absolute atomic E-state index is 10.2. The molecule has 0 spiro atoms. The lowest BCUT2D eigenvalue weighted by atomic mass is 10.1. The third-order valence-corrected chi connectivity index (χ3v) is 5.81. The van der Waals surface area contributed by atoms with Crippen LogP contribution in [0, 0.1) is 11.3 Å². The van der Waals surface area contributed by atoms with E-state index in [9.17, 15) is 28.8 Å². The monoisotopic (exact) mass is 764 g/mol. The second-order valence-electron chi connectivity index (χ2n) is 10.7. The Hall–Kier alpha value is -3.84. The van der Waals surface area contributed by atoms with Crippen LogP contribution in [0.4, 0.5) is 0 Å². The summed E-state index contributed by atoms with van der Waals surface area (Å²) >= 11 is 1.60. The van der Waals surface area contributed by atoms with Crippen LogP contribution in [0.2, 0.25) is 0 Å². The normalized spacial score (nSPS) is 12.5. The number of aliphatic carboxylic acids is 6. The Bertz CT molecular complexity index is 950. The van der Waals surface area contributed by atoms with Crippen molar-refractivity contribution >= 4 is 53.5 Å². The van der Waals surface area contributed by atoms with E-state index in [1.165, 1.54) is 6.92 Å². The van der Waals surface area contributed by atoms with Crippen LogP contribution in [0.5, 0.6) is 0 Å². The SMILES string of the molecule is CC(C)CC(N)C(=O)O.CC(N)C(=O)O.CSCCC(N)C(=O)O.N=C(N)NCCCC(N)C(=O)O.NCC(=O)O.NCCCCC(N)C(=O)O. The first-order chi connectivity index (χ1) is 23.3. The van der Waals surface area contributed by atoms with Gasteiger partial charge in [-0.05, 0) is 69.9 Å². The molecule has 0 bridgehead atoms. The number of hydrogen-bond acceptors (Lipinski definition) is 15. The fourth-order valence-electron chi connectivity index (χ4n) is 2.28. The molecule has 0 aromatic carbocycles. The minimum absolute atomic E-state index is 0.112. The molecule has 5 unspecified atom stereocenters. The molecule has 0 heterocycles. The summed E-state index contributed by atoms with van der Waals surface area (Å²) in [7, 11) is 0. The zero-order valence-corrected chi connectivity index (χ0v) is 30.7.